The number of rotatable bonds is 1. The molecule has 0 spiro atoms. The molecule has 0 radical (unpaired) electrons. The third-order valence-corrected chi connectivity index (χ3v) is 2.83. The fraction of sp³-hybridized carbons (Fsp3) is 1.00. The summed E-state index contributed by atoms with van der Waals surface area (Å²) in [6.07, 6.45) is 2.36. The minimum Gasteiger partial charge on any atom is -0.377 e. The summed E-state index contributed by atoms with van der Waals surface area (Å²) in [5, 5.41) is 4.49. The smallest absolute Gasteiger partial charge is 0.0791 e. The van der Waals surface area contributed by atoms with Crippen molar-refractivity contribution in [1.82, 2.24) is 10.0 Å². The van der Waals surface area contributed by atoms with Gasteiger partial charge in [-0.3, -0.25) is 0 Å². The molecule has 1 fully saturated rings. The van der Waals surface area contributed by atoms with E-state index in [0.29, 0.717) is 0 Å². The molecule has 1 heterocycles. The number of hydrogen-bond donors (Lipinski definition) is 0. The lowest BCUT2D eigenvalue weighted by Gasteiger charge is -2.32. The number of hydrogen-bond acceptors (Lipinski definition) is 3. The fourth-order valence-electron chi connectivity index (χ4n) is 1.70. The zero-order chi connectivity index (χ0) is 9.19. The van der Waals surface area contributed by atoms with Gasteiger partial charge in [-0.25, -0.2) is 10.0 Å². The van der Waals surface area contributed by atoms with Gasteiger partial charge in [0.05, 0.1) is 5.60 Å². The molecule has 0 aliphatic carbocycles. The van der Waals surface area contributed by atoms with Crippen LogP contribution >= 0.6 is 0 Å². The number of ether oxygens (including phenoxy) is 1. The summed E-state index contributed by atoms with van der Waals surface area (Å²) in [5.74, 6) is 0. The van der Waals surface area contributed by atoms with Crippen LogP contribution in [0.15, 0.2) is 0 Å². The molecule has 1 aliphatic rings. The Labute approximate surface area is 75.3 Å². The van der Waals surface area contributed by atoms with E-state index in [2.05, 4.69) is 31.0 Å². The molecule has 3 heteroatoms. The Morgan fingerprint density at radius 2 is 1.92 bits per heavy atom. The van der Waals surface area contributed by atoms with Gasteiger partial charge in [-0.15, -0.1) is 0 Å². The van der Waals surface area contributed by atoms with E-state index in [0.717, 1.165) is 19.5 Å². The number of methoxy groups -OCH3 is 1. The van der Waals surface area contributed by atoms with Gasteiger partial charge in [0.25, 0.3) is 0 Å². The molecule has 0 aromatic heterocycles. The van der Waals surface area contributed by atoms with Crippen LogP contribution in [0.2, 0.25) is 0 Å². The van der Waals surface area contributed by atoms with E-state index < -0.39 is 0 Å². The van der Waals surface area contributed by atoms with Crippen LogP contribution < -0.4 is 0 Å². The summed E-state index contributed by atoms with van der Waals surface area (Å²) in [7, 11) is 6.04. The van der Waals surface area contributed by atoms with Gasteiger partial charge < -0.3 is 4.74 Å². The first-order valence-corrected chi connectivity index (χ1v) is 4.55. The van der Waals surface area contributed by atoms with Crippen LogP contribution in [0.5, 0.6) is 0 Å². The van der Waals surface area contributed by atoms with Crippen molar-refractivity contribution in [1.29, 1.82) is 0 Å². The molecule has 0 amide bonds. The molecule has 72 valence electrons. The topological polar surface area (TPSA) is 15.7 Å². The molecule has 3 nitrogen and oxygen atoms in total. The average molecular weight is 172 g/mol. The van der Waals surface area contributed by atoms with E-state index in [1.807, 2.05) is 0 Å². The van der Waals surface area contributed by atoms with Crippen LogP contribution in [0.1, 0.15) is 19.8 Å². The number of nitrogens with zero attached hydrogens (tertiary/aromatic N) is 2. The fourth-order valence-corrected chi connectivity index (χ4v) is 1.70. The van der Waals surface area contributed by atoms with Crippen LogP contribution in [0.4, 0.5) is 0 Å². The molecule has 0 aromatic carbocycles. The molecule has 0 saturated carbocycles. The van der Waals surface area contributed by atoms with Crippen LogP contribution in [0, 0.1) is 0 Å². The lowest BCUT2D eigenvalue weighted by Crippen LogP contribution is -2.44. The normalized spacial score (nSPS) is 35.0. The van der Waals surface area contributed by atoms with Crippen LogP contribution in [-0.4, -0.2) is 49.9 Å². The molecule has 0 aromatic rings. The van der Waals surface area contributed by atoms with Crippen LogP contribution in [0.3, 0.4) is 0 Å². The molecule has 1 unspecified atom stereocenters. The second-order valence-corrected chi connectivity index (χ2v) is 3.95. The van der Waals surface area contributed by atoms with Crippen molar-refractivity contribution in [2.45, 2.75) is 25.4 Å². The molecular formula is C9H20N2O. The van der Waals surface area contributed by atoms with Crippen molar-refractivity contribution >= 4 is 0 Å². The second-order valence-electron chi connectivity index (χ2n) is 3.95. The Morgan fingerprint density at radius 3 is 2.50 bits per heavy atom. The first-order chi connectivity index (χ1) is 5.57. The minimum atomic E-state index is 0.0412. The first kappa shape index (κ1) is 9.96. The number of likely N-dealkylation sites (N-methyl/N-ethyl adjacent to an activating group) is 1. The van der Waals surface area contributed by atoms with Crippen LogP contribution in [-0.2, 0) is 4.74 Å². The molecule has 0 bridgehead atoms. The van der Waals surface area contributed by atoms with E-state index in [-0.39, 0.29) is 5.60 Å². The van der Waals surface area contributed by atoms with Gasteiger partial charge in [0.1, 0.15) is 0 Å². The Morgan fingerprint density at radius 1 is 1.25 bits per heavy atom. The highest BCUT2D eigenvalue weighted by atomic mass is 16.5. The monoisotopic (exact) mass is 172 g/mol. The van der Waals surface area contributed by atoms with Gasteiger partial charge in [-0.2, -0.15) is 0 Å². The molecule has 1 aliphatic heterocycles. The highest BCUT2D eigenvalue weighted by molar-refractivity contribution is 4.80. The summed E-state index contributed by atoms with van der Waals surface area (Å²) in [6, 6.07) is 0. The lowest BCUT2D eigenvalue weighted by molar-refractivity contribution is -0.0554. The summed E-state index contributed by atoms with van der Waals surface area (Å²) in [5.41, 5.74) is 0.0412. The van der Waals surface area contributed by atoms with Gasteiger partial charge >= 0.3 is 0 Å². The zero-order valence-electron chi connectivity index (χ0n) is 8.63. The molecule has 0 N–H and O–H groups in total. The van der Waals surface area contributed by atoms with E-state index in [9.17, 15) is 0 Å². The summed E-state index contributed by atoms with van der Waals surface area (Å²) >= 11 is 0. The summed E-state index contributed by atoms with van der Waals surface area (Å²) in [6.45, 7) is 4.30. The molecule has 1 atom stereocenters. The zero-order valence-corrected chi connectivity index (χ0v) is 8.63. The third-order valence-electron chi connectivity index (χ3n) is 2.83. The van der Waals surface area contributed by atoms with Gasteiger partial charge in [-0.05, 0) is 19.8 Å². The SMILES string of the molecule is COC1(C)CCCN(C)N(C)C1. The van der Waals surface area contributed by atoms with Crippen molar-refractivity contribution in [3.8, 4) is 0 Å². The lowest BCUT2D eigenvalue weighted by atomic mass is 10.0. The summed E-state index contributed by atoms with van der Waals surface area (Å²) < 4.78 is 5.51. The maximum absolute atomic E-state index is 5.51. The van der Waals surface area contributed by atoms with Gasteiger partial charge in [0.15, 0.2) is 0 Å². The third kappa shape index (κ3) is 2.19. The van der Waals surface area contributed by atoms with Crippen molar-refractivity contribution in [2.75, 3.05) is 34.3 Å². The van der Waals surface area contributed by atoms with Crippen molar-refractivity contribution in [3.05, 3.63) is 0 Å². The van der Waals surface area contributed by atoms with E-state index in [1.165, 1.54) is 6.42 Å². The predicted molar refractivity (Wildman–Crippen MR) is 49.9 cm³/mol. The quantitative estimate of drug-likeness (QED) is 0.586. The van der Waals surface area contributed by atoms with Crippen LogP contribution in [0.25, 0.3) is 0 Å². The molecule has 1 saturated heterocycles. The maximum atomic E-state index is 5.51. The predicted octanol–water partition coefficient (Wildman–Crippen LogP) is 0.964. The Bertz CT molecular complexity index is 151. The van der Waals surface area contributed by atoms with E-state index in [1.54, 1.807) is 7.11 Å². The highest BCUT2D eigenvalue weighted by Crippen LogP contribution is 2.21. The number of hydrazine groups is 1. The minimum absolute atomic E-state index is 0.0412. The standard InChI is InChI=1S/C9H20N2O/c1-9(12-4)6-5-7-10(2)11(3)8-9/h5-8H2,1-4H3. The maximum Gasteiger partial charge on any atom is 0.0791 e. The van der Waals surface area contributed by atoms with Crippen molar-refractivity contribution in [3.63, 3.8) is 0 Å². The first-order valence-electron chi connectivity index (χ1n) is 4.55. The van der Waals surface area contributed by atoms with Gasteiger partial charge in [-0.1, -0.05) is 0 Å². The highest BCUT2D eigenvalue weighted by Gasteiger charge is 2.29. The van der Waals surface area contributed by atoms with Gasteiger partial charge in [0, 0.05) is 34.3 Å². The van der Waals surface area contributed by atoms with Gasteiger partial charge in [0.2, 0.25) is 0 Å². The molecular weight excluding hydrogens is 152 g/mol. The van der Waals surface area contributed by atoms with E-state index >= 15 is 0 Å². The Balaban J connectivity index is 2.59. The Kier molecular flexibility index (Phi) is 3.09. The Hall–Kier alpha value is -0.120. The van der Waals surface area contributed by atoms with E-state index in [4.69, 9.17) is 4.74 Å². The van der Waals surface area contributed by atoms with Crippen molar-refractivity contribution < 1.29 is 4.74 Å². The average Bonchev–Trinajstić information content (AvgIpc) is 2.14. The van der Waals surface area contributed by atoms with Crippen molar-refractivity contribution in [2.24, 2.45) is 0 Å². The summed E-state index contributed by atoms with van der Waals surface area (Å²) in [4.78, 5) is 0. The largest absolute Gasteiger partial charge is 0.377 e. The second kappa shape index (κ2) is 3.73. The molecule has 1 rings (SSSR count). The molecule has 12 heavy (non-hydrogen) atoms.